The van der Waals surface area contributed by atoms with Crippen molar-refractivity contribution >= 4 is 52.4 Å². The SMILES string of the molecule is O=C(N[C@H]1CCC[C@H]2CC[C@@H](C(=O)N3CC(c4cnccc4N4CC(C(F)(F)F)C4)C3)N2C1=O)c1cc2cc(CP(=O)(O)O)ccc2s1. The van der Waals surface area contributed by atoms with Gasteiger partial charge in [0.05, 0.1) is 17.0 Å². The molecule has 3 amide bonds. The molecule has 256 valence electrons. The summed E-state index contributed by atoms with van der Waals surface area (Å²) in [5.41, 5.74) is 1.99. The first-order valence-corrected chi connectivity index (χ1v) is 18.6. The molecule has 1 aromatic carbocycles. The summed E-state index contributed by atoms with van der Waals surface area (Å²) in [4.78, 5) is 69.3. The molecule has 3 aromatic rings. The zero-order valence-electron chi connectivity index (χ0n) is 25.8. The molecule has 4 aliphatic rings. The van der Waals surface area contributed by atoms with Gasteiger partial charge >= 0.3 is 13.8 Å². The van der Waals surface area contributed by atoms with Crippen LogP contribution < -0.4 is 10.2 Å². The van der Waals surface area contributed by atoms with E-state index < -0.39 is 43.8 Å². The molecule has 48 heavy (non-hydrogen) atoms. The molecule has 6 heterocycles. The maximum absolute atomic E-state index is 13.9. The van der Waals surface area contributed by atoms with E-state index in [0.717, 1.165) is 16.7 Å². The van der Waals surface area contributed by atoms with Gasteiger partial charge in [-0.05, 0) is 67.3 Å². The van der Waals surface area contributed by atoms with Gasteiger partial charge < -0.3 is 29.8 Å². The van der Waals surface area contributed by atoms with E-state index in [0.29, 0.717) is 60.3 Å². The summed E-state index contributed by atoms with van der Waals surface area (Å²) in [6.45, 7) is 0.577. The standard InChI is InChI=1S/C32H35F3N5O6PS/c33-32(34,35)21-15-38(16-21)25-8-9-36-12-23(25)20-13-39(14-20)31(43)26-6-5-22-2-1-3-24(30(42)40(22)26)37-29(41)28-11-19-10-18(17-47(44,45)46)4-7-27(19)48-28/h4,7-12,20-22,24,26H,1-3,5-6,13-17H2,(H,37,41)(H2,44,45,46)/t22-,24-,26-/m0/s1. The molecule has 2 aromatic heterocycles. The van der Waals surface area contributed by atoms with Crippen LogP contribution in [0.15, 0.2) is 42.7 Å². The van der Waals surface area contributed by atoms with Crippen molar-refractivity contribution in [2.45, 2.75) is 68.5 Å². The van der Waals surface area contributed by atoms with E-state index in [1.54, 1.807) is 57.4 Å². The minimum absolute atomic E-state index is 0.0687. The minimum Gasteiger partial charge on any atom is -0.370 e. The molecule has 0 radical (unpaired) electrons. The molecule has 11 nitrogen and oxygen atoms in total. The highest BCUT2D eigenvalue weighted by Gasteiger charge is 2.50. The van der Waals surface area contributed by atoms with Crippen molar-refractivity contribution in [2.75, 3.05) is 31.1 Å². The van der Waals surface area contributed by atoms with Crippen LogP contribution in [0.1, 0.15) is 58.8 Å². The summed E-state index contributed by atoms with van der Waals surface area (Å²) >= 11 is 1.22. The van der Waals surface area contributed by atoms with Crippen molar-refractivity contribution in [1.82, 2.24) is 20.1 Å². The first-order chi connectivity index (χ1) is 22.7. The molecule has 0 saturated carbocycles. The first-order valence-electron chi connectivity index (χ1n) is 16.0. The molecule has 0 spiro atoms. The van der Waals surface area contributed by atoms with E-state index in [4.69, 9.17) is 0 Å². The van der Waals surface area contributed by atoms with Gasteiger partial charge in [0.25, 0.3) is 5.91 Å². The fourth-order valence-corrected chi connectivity index (χ4v) is 9.08. The summed E-state index contributed by atoms with van der Waals surface area (Å²) < 4.78 is 51.5. The number of nitrogens with one attached hydrogen (secondary N) is 1. The van der Waals surface area contributed by atoms with Crippen LogP contribution in [0.3, 0.4) is 0 Å². The van der Waals surface area contributed by atoms with Crippen LogP contribution in [0.4, 0.5) is 18.9 Å². The Morgan fingerprint density at radius 1 is 1.04 bits per heavy atom. The predicted octanol–water partition coefficient (Wildman–Crippen LogP) is 4.24. The van der Waals surface area contributed by atoms with Crippen molar-refractivity contribution in [3.8, 4) is 0 Å². The summed E-state index contributed by atoms with van der Waals surface area (Å²) in [6, 6.07) is 6.81. The molecule has 4 aliphatic heterocycles. The Morgan fingerprint density at radius 2 is 1.81 bits per heavy atom. The van der Waals surface area contributed by atoms with Gasteiger partial charge in [-0.2, -0.15) is 13.2 Å². The van der Waals surface area contributed by atoms with Gasteiger partial charge in [0.1, 0.15) is 12.1 Å². The molecule has 0 aliphatic carbocycles. The number of hydrogen-bond acceptors (Lipinski definition) is 7. The normalized spacial score (nSPS) is 23.9. The molecule has 16 heteroatoms. The third-order valence-electron chi connectivity index (χ3n) is 10.0. The number of amides is 3. The fraction of sp³-hybridized carbons (Fsp3) is 0.500. The van der Waals surface area contributed by atoms with Crippen LogP contribution in [0, 0.1) is 5.92 Å². The Hall–Kier alpha value is -3.52. The maximum atomic E-state index is 13.9. The van der Waals surface area contributed by atoms with E-state index in [-0.39, 0.29) is 36.9 Å². The molecule has 3 atom stereocenters. The number of halogens is 3. The first kappa shape index (κ1) is 33.0. The molecule has 0 unspecified atom stereocenters. The number of fused-ring (bicyclic) bond motifs is 2. The van der Waals surface area contributed by atoms with Crippen LogP contribution in [-0.2, 0) is 20.3 Å². The Balaban J connectivity index is 0.995. The minimum atomic E-state index is -4.25. The van der Waals surface area contributed by atoms with E-state index >= 15 is 0 Å². The molecule has 3 N–H and O–H groups in total. The number of nitrogens with zero attached hydrogens (tertiary/aromatic N) is 4. The average Bonchev–Trinajstić information content (AvgIpc) is 3.54. The fourth-order valence-electron chi connectivity index (χ4n) is 7.46. The highest BCUT2D eigenvalue weighted by molar-refractivity contribution is 7.50. The quantitative estimate of drug-likeness (QED) is 0.310. The number of benzene rings is 1. The molecule has 7 rings (SSSR count). The Labute approximate surface area is 278 Å². The molecular weight excluding hydrogens is 670 g/mol. The second-order valence-electron chi connectivity index (χ2n) is 13.3. The number of carbonyl (C=O) groups excluding carboxylic acids is 3. The van der Waals surface area contributed by atoms with Gasteiger partial charge in [-0.3, -0.25) is 23.9 Å². The topological polar surface area (TPSA) is 143 Å². The summed E-state index contributed by atoms with van der Waals surface area (Å²) in [5.74, 6) is -2.28. The van der Waals surface area contributed by atoms with Gasteiger partial charge in [0.15, 0.2) is 0 Å². The van der Waals surface area contributed by atoms with E-state index in [2.05, 4.69) is 10.3 Å². The lowest BCUT2D eigenvalue weighted by Crippen LogP contribution is -2.59. The van der Waals surface area contributed by atoms with Crippen LogP contribution in [0.25, 0.3) is 10.1 Å². The van der Waals surface area contributed by atoms with E-state index in [1.807, 2.05) is 0 Å². The van der Waals surface area contributed by atoms with Crippen molar-refractivity contribution in [2.24, 2.45) is 5.92 Å². The van der Waals surface area contributed by atoms with Crippen LogP contribution >= 0.6 is 18.9 Å². The van der Waals surface area contributed by atoms with Crippen LogP contribution in [0.5, 0.6) is 0 Å². The third-order valence-corrected chi connectivity index (χ3v) is 11.9. The average molecular weight is 706 g/mol. The highest BCUT2D eigenvalue weighted by Crippen LogP contribution is 2.42. The molecular formula is C32H35F3N5O6PS. The summed E-state index contributed by atoms with van der Waals surface area (Å²) in [7, 11) is -4.25. The second kappa shape index (κ2) is 12.4. The Kier molecular flexibility index (Phi) is 8.54. The van der Waals surface area contributed by atoms with Crippen molar-refractivity contribution < 1.29 is 41.9 Å². The number of aromatic nitrogens is 1. The number of likely N-dealkylation sites (tertiary alicyclic amines) is 1. The van der Waals surface area contributed by atoms with Crippen molar-refractivity contribution in [3.63, 3.8) is 0 Å². The number of carbonyl (C=O) groups is 3. The lowest BCUT2D eigenvalue weighted by Gasteiger charge is -2.46. The number of alkyl halides is 3. The number of rotatable bonds is 7. The number of pyridine rings is 1. The number of anilines is 1. The largest absolute Gasteiger partial charge is 0.395 e. The van der Waals surface area contributed by atoms with Gasteiger partial charge in [0.2, 0.25) is 11.8 Å². The summed E-state index contributed by atoms with van der Waals surface area (Å²) in [6.07, 6.45) is 1.69. The molecule has 4 saturated heterocycles. The summed E-state index contributed by atoms with van der Waals surface area (Å²) in [5, 5.41) is 3.56. The van der Waals surface area contributed by atoms with Crippen molar-refractivity contribution in [3.05, 3.63) is 58.7 Å². The molecule has 0 bridgehead atoms. The van der Waals surface area contributed by atoms with E-state index in [9.17, 15) is 41.9 Å². The third kappa shape index (κ3) is 6.45. The number of thiophene rings is 1. The van der Waals surface area contributed by atoms with Crippen molar-refractivity contribution in [1.29, 1.82) is 0 Å². The van der Waals surface area contributed by atoms with Crippen LogP contribution in [-0.4, -0.2) is 92.8 Å². The van der Waals surface area contributed by atoms with Gasteiger partial charge in [-0.15, -0.1) is 11.3 Å². The predicted molar refractivity (Wildman–Crippen MR) is 172 cm³/mol. The van der Waals surface area contributed by atoms with Gasteiger partial charge in [0, 0.05) is 66.5 Å². The maximum Gasteiger partial charge on any atom is 0.395 e. The molecule has 4 fully saturated rings. The lowest BCUT2D eigenvalue weighted by molar-refractivity contribution is -0.180. The Morgan fingerprint density at radius 3 is 2.54 bits per heavy atom. The lowest BCUT2D eigenvalue weighted by atomic mass is 9.88. The number of hydrogen-bond donors (Lipinski definition) is 3. The smallest absolute Gasteiger partial charge is 0.370 e. The second-order valence-corrected chi connectivity index (χ2v) is 16.0. The zero-order valence-corrected chi connectivity index (χ0v) is 27.5. The van der Waals surface area contributed by atoms with E-state index in [1.165, 1.54) is 11.3 Å². The van der Waals surface area contributed by atoms with Gasteiger partial charge in [-0.25, -0.2) is 0 Å². The Bertz CT molecular complexity index is 1800. The monoisotopic (exact) mass is 705 g/mol. The zero-order chi connectivity index (χ0) is 34.0. The van der Waals surface area contributed by atoms with Gasteiger partial charge in [-0.1, -0.05) is 6.07 Å². The van der Waals surface area contributed by atoms with Crippen LogP contribution in [0.2, 0.25) is 0 Å². The highest BCUT2D eigenvalue weighted by atomic mass is 32.1.